The third-order valence-corrected chi connectivity index (χ3v) is 6.02. The van der Waals surface area contributed by atoms with Gasteiger partial charge in [-0.15, -0.1) is 11.3 Å². The topological polar surface area (TPSA) is 77.5 Å². The summed E-state index contributed by atoms with van der Waals surface area (Å²) < 4.78 is 11.3. The van der Waals surface area contributed by atoms with E-state index in [1.54, 1.807) is 30.3 Å². The minimum absolute atomic E-state index is 0.0582. The van der Waals surface area contributed by atoms with Crippen LogP contribution < -0.4 is 14.8 Å². The molecule has 28 heavy (non-hydrogen) atoms. The number of ether oxygens (including phenoxy) is 2. The molecule has 8 heteroatoms. The lowest BCUT2D eigenvalue weighted by Crippen LogP contribution is -2.14. The maximum atomic E-state index is 12.3. The highest BCUT2D eigenvalue weighted by Gasteiger charge is 2.15. The second-order valence-electron chi connectivity index (χ2n) is 5.98. The lowest BCUT2D eigenvalue weighted by atomic mass is 10.2. The summed E-state index contributed by atoms with van der Waals surface area (Å²) in [6, 6.07) is 14.4. The molecule has 0 atom stereocenters. The van der Waals surface area contributed by atoms with Crippen molar-refractivity contribution < 1.29 is 19.1 Å². The SMILES string of the molecule is O=C(Cc1csc(SCC(=O)c2ccccc2)n1)Nc1ccc2c(c1)OCO2. The molecule has 2 aromatic carbocycles. The summed E-state index contributed by atoms with van der Waals surface area (Å²) in [6.07, 6.45) is 0.165. The van der Waals surface area contributed by atoms with E-state index in [2.05, 4.69) is 10.3 Å². The molecule has 2 heterocycles. The number of nitrogens with one attached hydrogen (secondary N) is 1. The largest absolute Gasteiger partial charge is 0.454 e. The van der Waals surface area contributed by atoms with Crippen molar-refractivity contribution in [2.24, 2.45) is 0 Å². The van der Waals surface area contributed by atoms with E-state index in [0.29, 0.717) is 34.2 Å². The summed E-state index contributed by atoms with van der Waals surface area (Å²) in [5.74, 6) is 1.50. The van der Waals surface area contributed by atoms with E-state index in [1.165, 1.54) is 23.1 Å². The van der Waals surface area contributed by atoms with Crippen LogP contribution in [0.1, 0.15) is 16.1 Å². The van der Waals surface area contributed by atoms with Gasteiger partial charge in [0, 0.05) is 22.7 Å². The predicted octanol–water partition coefficient (Wildman–Crippen LogP) is 4.03. The number of fused-ring (bicyclic) bond motifs is 1. The molecule has 142 valence electrons. The van der Waals surface area contributed by atoms with Crippen LogP contribution in [0.25, 0.3) is 0 Å². The fourth-order valence-corrected chi connectivity index (χ4v) is 4.35. The molecule has 0 saturated carbocycles. The molecular weight excluding hydrogens is 396 g/mol. The number of rotatable bonds is 7. The summed E-state index contributed by atoms with van der Waals surface area (Å²) in [4.78, 5) is 28.9. The lowest BCUT2D eigenvalue weighted by molar-refractivity contribution is -0.115. The number of Topliss-reactive ketones (excluding diaryl/α,β-unsaturated/α-hetero) is 1. The number of hydrogen-bond acceptors (Lipinski definition) is 7. The third kappa shape index (κ3) is 4.52. The van der Waals surface area contributed by atoms with Gasteiger partial charge in [-0.2, -0.15) is 0 Å². The first-order valence-electron chi connectivity index (χ1n) is 8.52. The van der Waals surface area contributed by atoms with Gasteiger partial charge in [0.05, 0.1) is 17.9 Å². The van der Waals surface area contributed by atoms with E-state index in [4.69, 9.17) is 9.47 Å². The molecule has 0 unspecified atom stereocenters. The number of thiazole rings is 1. The molecule has 3 aromatic rings. The van der Waals surface area contributed by atoms with Crippen LogP contribution in [-0.2, 0) is 11.2 Å². The van der Waals surface area contributed by atoms with Crippen LogP contribution in [0.5, 0.6) is 11.5 Å². The van der Waals surface area contributed by atoms with E-state index in [1.807, 2.05) is 23.6 Å². The van der Waals surface area contributed by atoms with Crippen molar-refractivity contribution in [2.45, 2.75) is 10.8 Å². The fourth-order valence-electron chi connectivity index (χ4n) is 2.61. The van der Waals surface area contributed by atoms with Crippen LogP contribution in [0.2, 0.25) is 0 Å². The average molecular weight is 412 g/mol. The van der Waals surface area contributed by atoms with Gasteiger partial charge in [-0.25, -0.2) is 4.98 Å². The summed E-state index contributed by atoms with van der Waals surface area (Å²) in [7, 11) is 0. The average Bonchev–Trinajstić information content (AvgIpc) is 3.35. The maximum absolute atomic E-state index is 12.3. The Kier molecular flexibility index (Phi) is 5.59. The fraction of sp³-hybridized carbons (Fsp3) is 0.150. The molecule has 1 aliphatic rings. The Morgan fingerprint density at radius 2 is 1.93 bits per heavy atom. The van der Waals surface area contributed by atoms with Gasteiger partial charge in [0.15, 0.2) is 21.6 Å². The zero-order chi connectivity index (χ0) is 19.3. The number of nitrogens with zero attached hydrogens (tertiary/aromatic N) is 1. The number of carbonyl (C=O) groups is 2. The first-order valence-corrected chi connectivity index (χ1v) is 10.4. The molecular formula is C20H16N2O4S2. The molecule has 1 amide bonds. The molecule has 0 spiro atoms. The highest BCUT2D eigenvalue weighted by atomic mass is 32.2. The monoisotopic (exact) mass is 412 g/mol. The molecule has 0 radical (unpaired) electrons. The van der Waals surface area contributed by atoms with Gasteiger partial charge in [0.2, 0.25) is 12.7 Å². The molecule has 1 aliphatic heterocycles. The Bertz CT molecular complexity index is 1000. The quantitative estimate of drug-likeness (QED) is 0.466. The van der Waals surface area contributed by atoms with Crippen molar-refractivity contribution >= 4 is 40.5 Å². The van der Waals surface area contributed by atoms with Crippen molar-refractivity contribution in [3.05, 3.63) is 65.2 Å². The highest BCUT2D eigenvalue weighted by molar-refractivity contribution is 8.01. The van der Waals surface area contributed by atoms with E-state index in [-0.39, 0.29) is 24.9 Å². The number of thioether (sulfide) groups is 1. The van der Waals surface area contributed by atoms with Crippen LogP contribution in [0, 0.1) is 0 Å². The van der Waals surface area contributed by atoms with Crippen LogP contribution in [0.4, 0.5) is 5.69 Å². The summed E-state index contributed by atoms with van der Waals surface area (Å²) in [5.41, 5.74) is 2.01. The summed E-state index contributed by atoms with van der Waals surface area (Å²) in [5, 5.41) is 4.67. The number of hydrogen-bond donors (Lipinski definition) is 1. The van der Waals surface area contributed by atoms with Gasteiger partial charge in [-0.1, -0.05) is 42.1 Å². The first-order chi connectivity index (χ1) is 13.7. The second-order valence-corrected chi connectivity index (χ2v) is 8.06. The number of aromatic nitrogens is 1. The number of ketones is 1. The smallest absolute Gasteiger partial charge is 0.231 e. The molecule has 1 N–H and O–H groups in total. The molecule has 0 saturated heterocycles. The molecule has 4 rings (SSSR count). The molecule has 6 nitrogen and oxygen atoms in total. The van der Waals surface area contributed by atoms with Crippen LogP contribution >= 0.6 is 23.1 Å². The van der Waals surface area contributed by atoms with Gasteiger partial charge in [0.25, 0.3) is 0 Å². The van der Waals surface area contributed by atoms with Crippen LogP contribution in [-0.4, -0.2) is 29.2 Å². The van der Waals surface area contributed by atoms with E-state index in [0.717, 1.165) is 4.34 Å². The zero-order valence-electron chi connectivity index (χ0n) is 14.7. The Morgan fingerprint density at radius 3 is 2.79 bits per heavy atom. The number of anilines is 1. The van der Waals surface area contributed by atoms with Crippen molar-refractivity contribution in [3.8, 4) is 11.5 Å². The van der Waals surface area contributed by atoms with Crippen molar-refractivity contribution in [1.29, 1.82) is 0 Å². The predicted molar refractivity (Wildman–Crippen MR) is 109 cm³/mol. The van der Waals surface area contributed by atoms with Gasteiger partial charge in [-0.3, -0.25) is 9.59 Å². The number of carbonyl (C=O) groups excluding carboxylic acids is 2. The van der Waals surface area contributed by atoms with Crippen LogP contribution in [0.15, 0.2) is 58.3 Å². The van der Waals surface area contributed by atoms with E-state index in [9.17, 15) is 9.59 Å². The van der Waals surface area contributed by atoms with E-state index >= 15 is 0 Å². The Balaban J connectivity index is 1.29. The highest BCUT2D eigenvalue weighted by Crippen LogP contribution is 2.34. The normalized spacial score (nSPS) is 12.0. The van der Waals surface area contributed by atoms with Gasteiger partial charge < -0.3 is 14.8 Å². The second kappa shape index (κ2) is 8.45. The summed E-state index contributed by atoms with van der Waals surface area (Å²) >= 11 is 2.82. The van der Waals surface area contributed by atoms with Crippen molar-refractivity contribution in [1.82, 2.24) is 4.98 Å². The lowest BCUT2D eigenvalue weighted by Gasteiger charge is -2.05. The Hall–Kier alpha value is -2.84. The van der Waals surface area contributed by atoms with Crippen LogP contribution in [0.3, 0.4) is 0 Å². The Morgan fingerprint density at radius 1 is 1.11 bits per heavy atom. The Labute approximate surface area is 169 Å². The first kappa shape index (κ1) is 18.5. The minimum atomic E-state index is -0.166. The number of amides is 1. The van der Waals surface area contributed by atoms with Crippen molar-refractivity contribution in [3.63, 3.8) is 0 Å². The van der Waals surface area contributed by atoms with E-state index < -0.39 is 0 Å². The van der Waals surface area contributed by atoms with Gasteiger partial charge >= 0.3 is 0 Å². The molecule has 0 aliphatic carbocycles. The molecule has 1 aromatic heterocycles. The maximum Gasteiger partial charge on any atom is 0.231 e. The van der Waals surface area contributed by atoms with Gasteiger partial charge in [0.1, 0.15) is 0 Å². The van der Waals surface area contributed by atoms with Gasteiger partial charge in [-0.05, 0) is 12.1 Å². The zero-order valence-corrected chi connectivity index (χ0v) is 16.3. The number of benzene rings is 2. The molecule has 0 bridgehead atoms. The third-order valence-electron chi connectivity index (χ3n) is 3.95. The van der Waals surface area contributed by atoms with Crippen molar-refractivity contribution in [2.75, 3.05) is 17.9 Å². The standard InChI is InChI=1S/C20H16N2O4S2/c23-16(13-4-2-1-3-5-13)11-28-20-22-15(10-27-20)9-19(24)21-14-6-7-17-18(8-14)26-12-25-17/h1-8,10H,9,11-12H2,(H,21,24). The summed E-state index contributed by atoms with van der Waals surface area (Å²) in [6.45, 7) is 0.193. The minimum Gasteiger partial charge on any atom is -0.454 e. The molecule has 0 fully saturated rings.